The lowest BCUT2D eigenvalue weighted by Crippen LogP contribution is -2.54. The van der Waals surface area contributed by atoms with Crippen molar-refractivity contribution < 1.29 is 4.79 Å². The average Bonchev–Trinajstić information content (AvgIpc) is 2.40. The predicted octanol–water partition coefficient (Wildman–Crippen LogP) is 2.21. The van der Waals surface area contributed by atoms with Crippen LogP contribution in [0.1, 0.15) is 52.4 Å². The van der Waals surface area contributed by atoms with Gasteiger partial charge < -0.3 is 5.32 Å². The molecule has 18 heavy (non-hydrogen) atoms. The summed E-state index contributed by atoms with van der Waals surface area (Å²) in [5.41, 5.74) is 0.0383. The molecule has 0 radical (unpaired) electrons. The van der Waals surface area contributed by atoms with E-state index in [4.69, 9.17) is 0 Å². The summed E-state index contributed by atoms with van der Waals surface area (Å²) < 4.78 is 0. The van der Waals surface area contributed by atoms with E-state index in [9.17, 15) is 4.79 Å². The number of carbonyl (C=O) groups excluding carboxylic acids is 1. The molecule has 1 aliphatic heterocycles. The first-order chi connectivity index (χ1) is 8.59. The number of rotatable bonds is 4. The maximum absolute atomic E-state index is 12.4. The molecule has 0 aromatic rings. The van der Waals surface area contributed by atoms with Gasteiger partial charge in [-0.05, 0) is 26.7 Å². The fraction of sp³-hybridized carbons (Fsp3) is 0.933. The third-order valence-electron chi connectivity index (χ3n) is 4.64. The van der Waals surface area contributed by atoms with Crippen molar-refractivity contribution in [3.8, 4) is 0 Å². The third kappa shape index (κ3) is 3.55. The number of nitrogens with one attached hydrogen (secondary N) is 1. The normalized spacial score (nSPS) is 24.1. The van der Waals surface area contributed by atoms with Gasteiger partial charge in [0.05, 0.1) is 0 Å². The summed E-state index contributed by atoms with van der Waals surface area (Å²) in [7, 11) is 0. The summed E-state index contributed by atoms with van der Waals surface area (Å²) in [6.07, 6.45) is 6.84. The molecule has 2 aliphatic rings. The van der Waals surface area contributed by atoms with Crippen LogP contribution < -0.4 is 5.32 Å². The second-order valence-electron chi connectivity index (χ2n) is 6.53. The van der Waals surface area contributed by atoms with Crippen molar-refractivity contribution in [3.63, 3.8) is 0 Å². The van der Waals surface area contributed by atoms with Gasteiger partial charge in [-0.2, -0.15) is 0 Å². The Balaban J connectivity index is 1.87. The van der Waals surface area contributed by atoms with Crippen LogP contribution in [-0.2, 0) is 4.79 Å². The summed E-state index contributed by atoms with van der Waals surface area (Å²) in [5.74, 6) is 0.874. The number of carbonyl (C=O) groups is 1. The maximum atomic E-state index is 12.4. The number of nitrogens with zero attached hydrogens (tertiary/aromatic N) is 1. The monoisotopic (exact) mass is 252 g/mol. The highest BCUT2D eigenvalue weighted by Crippen LogP contribution is 2.29. The molecule has 3 nitrogen and oxygen atoms in total. The van der Waals surface area contributed by atoms with Crippen molar-refractivity contribution in [2.45, 2.75) is 57.9 Å². The molecule has 1 heterocycles. The molecular weight excluding hydrogens is 224 g/mol. The quantitative estimate of drug-likeness (QED) is 0.832. The minimum absolute atomic E-state index is 0.0383. The largest absolute Gasteiger partial charge is 0.314 e. The Morgan fingerprint density at radius 1 is 1.17 bits per heavy atom. The molecule has 3 heteroatoms. The van der Waals surface area contributed by atoms with Gasteiger partial charge in [-0.1, -0.05) is 19.3 Å². The zero-order chi connectivity index (χ0) is 13.0. The first-order valence-corrected chi connectivity index (χ1v) is 7.58. The van der Waals surface area contributed by atoms with Gasteiger partial charge in [0.1, 0.15) is 5.78 Å². The van der Waals surface area contributed by atoms with Crippen LogP contribution >= 0.6 is 0 Å². The highest BCUT2D eigenvalue weighted by atomic mass is 16.1. The van der Waals surface area contributed by atoms with Crippen molar-refractivity contribution in [2.75, 3.05) is 26.2 Å². The minimum Gasteiger partial charge on any atom is -0.314 e. The summed E-state index contributed by atoms with van der Waals surface area (Å²) in [4.78, 5) is 14.9. The molecule has 104 valence electrons. The van der Waals surface area contributed by atoms with Crippen LogP contribution in [0.3, 0.4) is 0 Å². The zero-order valence-corrected chi connectivity index (χ0v) is 12.0. The second-order valence-corrected chi connectivity index (χ2v) is 6.53. The minimum atomic E-state index is 0.0383. The number of hydrogen-bond acceptors (Lipinski definition) is 3. The smallest absolute Gasteiger partial charge is 0.137 e. The van der Waals surface area contributed by atoms with E-state index < -0.39 is 0 Å². The number of piperazine rings is 1. The fourth-order valence-corrected chi connectivity index (χ4v) is 3.38. The Bertz CT molecular complexity index is 276. The van der Waals surface area contributed by atoms with E-state index in [0.29, 0.717) is 11.7 Å². The van der Waals surface area contributed by atoms with E-state index in [1.807, 2.05) is 0 Å². The summed E-state index contributed by atoms with van der Waals surface area (Å²) in [6, 6.07) is 0. The van der Waals surface area contributed by atoms with E-state index >= 15 is 0 Å². The number of Topliss-reactive ketones (excluding diaryl/α,β-unsaturated/α-hetero) is 1. The van der Waals surface area contributed by atoms with Gasteiger partial charge in [-0.15, -0.1) is 0 Å². The van der Waals surface area contributed by atoms with Gasteiger partial charge in [-0.3, -0.25) is 9.69 Å². The molecule has 0 aromatic heterocycles. The Morgan fingerprint density at radius 2 is 1.78 bits per heavy atom. The van der Waals surface area contributed by atoms with Crippen LogP contribution in [0.5, 0.6) is 0 Å². The van der Waals surface area contributed by atoms with E-state index in [-0.39, 0.29) is 5.54 Å². The van der Waals surface area contributed by atoms with Crippen LogP contribution in [0, 0.1) is 5.92 Å². The Hall–Kier alpha value is -0.410. The fourth-order valence-electron chi connectivity index (χ4n) is 3.38. The molecule has 0 amide bonds. The third-order valence-corrected chi connectivity index (χ3v) is 4.64. The molecule has 0 bridgehead atoms. The topological polar surface area (TPSA) is 32.3 Å². The Morgan fingerprint density at radius 3 is 2.39 bits per heavy atom. The van der Waals surface area contributed by atoms with Gasteiger partial charge in [0.15, 0.2) is 0 Å². The van der Waals surface area contributed by atoms with Gasteiger partial charge >= 0.3 is 0 Å². The van der Waals surface area contributed by atoms with Crippen LogP contribution in [0.25, 0.3) is 0 Å². The molecule has 2 fully saturated rings. The molecule has 1 aliphatic carbocycles. The van der Waals surface area contributed by atoms with Crippen molar-refractivity contribution in [3.05, 3.63) is 0 Å². The molecule has 2 rings (SSSR count). The van der Waals surface area contributed by atoms with Crippen molar-refractivity contribution in [1.82, 2.24) is 10.2 Å². The molecule has 0 spiro atoms. The predicted molar refractivity (Wildman–Crippen MR) is 74.7 cm³/mol. The van der Waals surface area contributed by atoms with Crippen LogP contribution in [0.4, 0.5) is 0 Å². The van der Waals surface area contributed by atoms with Gasteiger partial charge in [-0.25, -0.2) is 0 Å². The van der Waals surface area contributed by atoms with Crippen molar-refractivity contribution in [1.29, 1.82) is 0 Å². The Kier molecular flexibility index (Phi) is 4.79. The van der Waals surface area contributed by atoms with Crippen LogP contribution in [0.2, 0.25) is 0 Å². The van der Waals surface area contributed by atoms with E-state index in [1.54, 1.807) is 0 Å². The van der Waals surface area contributed by atoms with Gasteiger partial charge in [0, 0.05) is 44.1 Å². The van der Waals surface area contributed by atoms with Crippen LogP contribution in [0.15, 0.2) is 0 Å². The van der Waals surface area contributed by atoms with Crippen molar-refractivity contribution in [2.24, 2.45) is 5.92 Å². The molecule has 1 saturated heterocycles. The lowest BCUT2D eigenvalue weighted by atomic mass is 9.81. The molecular formula is C15H28N2O. The standard InChI is InChI=1S/C15H28N2O/c1-15(2,17-10-8-16-9-11-17)12-14(18)13-6-4-3-5-7-13/h13,16H,3-12H2,1-2H3. The molecule has 1 saturated carbocycles. The molecule has 0 unspecified atom stereocenters. The molecule has 0 atom stereocenters. The zero-order valence-electron chi connectivity index (χ0n) is 12.0. The summed E-state index contributed by atoms with van der Waals surface area (Å²) >= 11 is 0. The highest BCUT2D eigenvalue weighted by molar-refractivity contribution is 5.82. The lowest BCUT2D eigenvalue weighted by molar-refractivity contribution is -0.126. The number of ketones is 1. The highest BCUT2D eigenvalue weighted by Gasteiger charge is 2.32. The van der Waals surface area contributed by atoms with Crippen LogP contribution in [-0.4, -0.2) is 42.4 Å². The van der Waals surface area contributed by atoms with E-state index in [0.717, 1.165) is 45.4 Å². The molecule has 1 N–H and O–H groups in total. The summed E-state index contributed by atoms with van der Waals surface area (Å²) in [5, 5.41) is 3.38. The second kappa shape index (κ2) is 6.16. The van der Waals surface area contributed by atoms with Gasteiger partial charge in [0.25, 0.3) is 0 Å². The lowest BCUT2D eigenvalue weighted by Gasteiger charge is -2.41. The maximum Gasteiger partial charge on any atom is 0.137 e. The van der Waals surface area contributed by atoms with Crippen molar-refractivity contribution >= 4 is 5.78 Å². The van der Waals surface area contributed by atoms with Gasteiger partial charge in [0.2, 0.25) is 0 Å². The average molecular weight is 252 g/mol. The Labute approximate surface area is 111 Å². The van der Waals surface area contributed by atoms with E-state index in [1.165, 1.54) is 19.3 Å². The number of hydrogen-bond donors (Lipinski definition) is 1. The van der Waals surface area contributed by atoms with E-state index in [2.05, 4.69) is 24.1 Å². The summed E-state index contributed by atoms with van der Waals surface area (Å²) in [6.45, 7) is 8.73. The molecule has 0 aromatic carbocycles. The first-order valence-electron chi connectivity index (χ1n) is 7.58. The SMILES string of the molecule is CC(C)(CC(=O)C1CCCCC1)N1CCNCC1. The first kappa shape index (κ1) is 14.0.